The fraction of sp³-hybridized carbons (Fsp3) is 0.906. The summed E-state index contributed by atoms with van der Waals surface area (Å²) in [5.41, 5.74) is 2.05. The lowest BCUT2D eigenvalue weighted by Gasteiger charge is -2.63. The van der Waals surface area contributed by atoms with Gasteiger partial charge in [0, 0.05) is 12.3 Å². The van der Waals surface area contributed by atoms with E-state index in [0.29, 0.717) is 23.7 Å². The lowest BCUT2D eigenvalue weighted by molar-refractivity contribution is -0.153. The average molecular weight is 487 g/mol. The van der Waals surface area contributed by atoms with Crippen molar-refractivity contribution < 1.29 is 14.6 Å². The first-order valence-corrected chi connectivity index (χ1v) is 15.0. The molecular weight excluding hydrogens is 432 g/mol. The van der Waals surface area contributed by atoms with Gasteiger partial charge in [0.15, 0.2) is 0 Å². The van der Waals surface area contributed by atoms with Gasteiger partial charge in [0.1, 0.15) is 6.10 Å². The molecule has 0 saturated heterocycles. The van der Waals surface area contributed by atoms with Crippen LogP contribution in [0.25, 0.3) is 0 Å². The topological polar surface area (TPSA) is 46.5 Å². The molecule has 0 aromatic heterocycles. The molecule has 1 N–H and O–H groups in total. The second-order valence-electron chi connectivity index (χ2n) is 14.0. The van der Waals surface area contributed by atoms with Gasteiger partial charge in [-0.05, 0) is 91.8 Å². The lowest BCUT2D eigenvalue weighted by atomic mass is 9.42. The number of hydrogen-bond donors (Lipinski definition) is 1. The maximum atomic E-state index is 12.0. The summed E-state index contributed by atoms with van der Waals surface area (Å²) in [7, 11) is 0. The van der Waals surface area contributed by atoms with E-state index in [0.717, 1.165) is 50.9 Å². The molecule has 0 amide bonds. The minimum absolute atomic E-state index is 0.0532. The van der Waals surface area contributed by atoms with Crippen molar-refractivity contribution in [1.82, 2.24) is 0 Å². The number of aliphatic hydroxyl groups excluding tert-OH is 1. The molecule has 3 heteroatoms. The molecule has 0 radical (unpaired) electrons. The van der Waals surface area contributed by atoms with E-state index in [1.807, 2.05) is 0 Å². The van der Waals surface area contributed by atoms with E-state index < -0.39 is 0 Å². The van der Waals surface area contributed by atoms with Crippen molar-refractivity contribution in [1.29, 1.82) is 0 Å². The zero-order chi connectivity index (χ0) is 25.6. The van der Waals surface area contributed by atoms with Crippen LogP contribution in [-0.4, -0.2) is 23.3 Å². The molecule has 3 fully saturated rings. The smallest absolute Gasteiger partial charge is 0.302 e. The van der Waals surface area contributed by atoms with E-state index >= 15 is 0 Å². The molecular formula is C32H54O3. The van der Waals surface area contributed by atoms with Crippen molar-refractivity contribution in [3.05, 3.63) is 11.6 Å². The Morgan fingerprint density at radius 2 is 1.89 bits per heavy atom. The van der Waals surface area contributed by atoms with Crippen LogP contribution in [0.1, 0.15) is 126 Å². The maximum Gasteiger partial charge on any atom is 0.302 e. The molecule has 4 aliphatic rings. The highest BCUT2D eigenvalue weighted by atomic mass is 16.5. The molecule has 200 valence electrons. The summed E-state index contributed by atoms with van der Waals surface area (Å²) in [4.78, 5) is 11.6. The van der Waals surface area contributed by atoms with Crippen molar-refractivity contribution in [3.63, 3.8) is 0 Å². The predicted octanol–water partition coefficient (Wildman–Crippen LogP) is 8.10. The van der Waals surface area contributed by atoms with E-state index in [1.165, 1.54) is 32.1 Å². The molecule has 4 rings (SSSR count). The summed E-state index contributed by atoms with van der Waals surface area (Å²) in [6, 6.07) is 0. The standard InChI is InChI=1S/C32H54O3/c1-8-16-32-27-13-12-24-19-25(35-23(5)33)14-17-30(24,6)26(27)15-18-31(32,7)28(20-29(32)34)22(4)11-9-10-21(2)3/h13,21-22,24-26,28-29,34H,8-12,14-20H2,1-7H3/t22-,24+,25+,26+,28-,29-,30+,31-,32-/m1/s1. The van der Waals surface area contributed by atoms with Gasteiger partial charge in [-0.25, -0.2) is 0 Å². The number of hydrogen-bond acceptors (Lipinski definition) is 3. The molecule has 0 aliphatic heterocycles. The van der Waals surface area contributed by atoms with E-state index in [1.54, 1.807) is 12.5 Å². The summed E-state index contributed by atoms with van der Waals surface area (Å²) < 4.78 is 5.67. The van der Waals surface area contributed by atoms with Gasteiger partial charge in [0.05, 0.1) is 6.10 Å². The first-order valence-electron chi connectivity index (χ1n) is 15.0. The highest BCUT2D eigenvalue weighted by Crippen LogP contribution is 2.73. The molecule has 0 spiro atoms. The molecule has 0 bridgehead atoms. The zero-order valence-electron chi connectivity index (χ0n) is 23.9. The summed E-state index contributed by atoms with van der Waals surface area (Å²) in [5, 5.41) is 12.0. The molecule has 3 nitrogen and oxygen atoms in total. The number of rotatable bonds is 8. The average Bonchev–Trinajstić information content (AvgIpc) is 3.01. The van der Waals surface area contributed by atoms with Crippen LogP contribution in [0.15, 0.2) is 11.6 Å². The summed E-state index contributed by atoms with van der Waals surface area (Å²) in [5.74, 6) is 3.09. The Balaban J connectivity index is 1.64. The van der Waals surface area contributed by atoms with Crippen molar-refractivity contribution in [3.8, 4) is 0 Å². The fourth-order valence-electron chi connectivity index (χ4n) is 9.98. The van der Waals surface area contributed by atoms with Gasteiger partial charge in [0.2, 0.25) is 0 Å². The van der Waals surface area contributed by atoms with Crippen LogP contribution in [0.4, 0.5) is 0 Å². The van der Waals surface area contributed by atoms with Crippen molar-refractivity contribution in [2.24, 2.45) is 45.8 Å². The Morgan fingerprint density at radius 1 is 1.14 bits per heavy atom. The lowest BCUT2D eigenvalue weighted by Crippen LogP contribution is -2.57. The van der Waals surface area contributed by atoms with Gasteiger partial charge in [-0.2, -0.15) is 0 Å². The summed E-state index contributed by atoms with van der Waals surface area (Å²) >= 11 is 0. The van der Waals surface area contributed by atoms with Gasteiger partial charge < -0.3 is 9.84 Å². The van der Waals surface area contributed by atoms with Crippen molar-refractivity contribution in [2.75, 3.05) is 0 Å². The van der Waals surface area contributed by atoms with Crippen molar-refractivity contribution in [2.45, 2.75) is 138 Å². The van der Waals surface area contributed by atoms with Crippen LogP contribution >= 0.6 is 0 Å². The van der Waals surface area contributed by atoms with Gasteiger partial charge in [-0.3, -0.25) is 4.79 Å². The van der Waals surface area contributed by atoms with Crippen LogP contribution < -0.4 is 0 Å². The van der Waals surface area contributed by atoms with E-state index in [2.05, 4.69) is 47.6 Å². The minimum atomic E-state index is -0.211. The van der Waals surface area contributed by atoms with Crippen LogP contribution in [0.3, 0.4) is 0 Å². The number of ether oxygens (including phenoxy) is 1. The Hall–Kier alpha value is -0.830. The highest BCUT2D eigenvalue weighted by Gasteiger charge is 2.68. The third-order valence-corrected chi connectivity index (χ3v) is 11.7. The summed E-state index contributed by atoms with van der Waals surface area (Å²) in [6.07, 6.45) is 16.4. The summed E-state index contributed by atoms with van der Waals surface area (Å²) in [6.45, 7) is 16.1. The molecule has 9 atom stereocenters. The Kier molecular flexibility index (Phi) is 7.89. The normalized spacial score (nSPS) is 43.7. The Bertz CT molecular complexity index is 801. The number of carbonyl (C=O) groups is 1. The quantitative estimate of drug-likeness (QED) is 0.278. The van der Waals surface area contributed by atoms with Crippen molar-refractivity contribution >= 4 is 5.97 Å². The third kappa shape index (κ3) is 4.44. The number of aliphatic hydroxyl groups is 1. The monoisotopic (exact) mass is 486 g/mol. The molecule has 0 heterocycles. The van der Waals surface area contributed by atoms with Crippen LogP contribution in [0.2, 0.25) is 0 Å². The third-order valence-electron chi connectivity index (χ3n) is 11.7. The van der Waals surface area contributed by atoms with Gasteiger partial charge in [-0.15, -0.1) is 0 Å². The molecule has 0 aromatic carbocycles. The second kappa shape index (κ2) is 10.1. The predicted molar refractivity (Wildman–Crippen MR) is 144 cm³/mol. The molecule has 4 aliphatic carbocycles. The number of fused-ring (bicyclic) bond motifs is 5. The Morgan fingerprint density at radius 3 is 2.54 bits per heavy atom. The van der Waals surface area contributed by atoms with E-state index in [-0.39, 0.29) is 34.4 Å². The first-order chi connectivity index (χ1) is 16.5. The zero-order valence-corrected chi connectivity index (χ0v) is 23.9. The van der Waals surface area contributed by atoms with Gasteiger partial charge in [-0.1, -0.05) is 78.9 Å². The number of allylic oxidation sites excluding steroid dienone is 1. The molecule has 0 unspecified atom stereocenters. The second-order valence-corrected chi connectivity index (χ2v) is 14.0. The van der Waals surface area contributed by atoms with Crippen LogP contribution in [0, 0.1) is 45.8 Å². The SMILES string of the molecule is CCC[C@]12C3=CC[C@H]4C[C@@H](OC(C)=O)CC[C@]4(C)[C@H]3CC[C@]1(C)[C@@H]([C@H](C)CCCC(C)C)C[C@H]2O. The number of carbonyl (C=O) groups excluding carboxylic acids is 1. The molecule has 35 heavy (non-hydrogen) atoms. The van der Waals surface area contributed by atoms with Crippen LogP contribution in [0.5, 0.6) is 0 Å². The number of esters is 1. The Labute approximate surface area is 215 Å². The maximum absolute atomic E-state index is 12.0. The first kappa shape index (κ1) is 27.2. The van der Waals surface area contributed by atoms with Crippen LogP contribution in [-0.2, 0) is 9.53 Å². The minimum Gasteiger partial charge on any atom is -0.463 e. The largest absolute Gasteiger partial charge is 0.463 e. The molecule has 3 saturated carbocycles. The fourth-order valence-corrected chi connectivity index (χ4v) is 9.98. The molecule has 0 aromatic rings. The van der Waals surface area contributed by atoms with Gasteiger partial charge in [0.25, 0.3) is 0 Å². The van der Waals surface area contributed by atoms with E-state index in [9.17, 15) is 9.90 Å². The van der Waals surface area contributed by atoms with E-state index in [4.69, 9.17) is 4.74 Å². The highest BCUT2D eigenvalue weighted by molar-refractivity contribution is 5.66. The van der Waals surface area contributed by atoms with Gasteiger partial charge >= 0.3 is 5.97 Å².